The molecule has 2 amide bonds. The molecule has 0 unspecified atom stereocenters. The summed E-state index contributed by atoms with van der Waals surface area (Å²) in [4.78, 5) is 30.0. The van der Waals surface area contributed by atoms with Crippen molar-refractivity contribution in [2.45, 2.75) is 25.8 Å². The molecule has 0 saturated carbocycles. The summed E-state index contributed by atoms with van der Waals surface area (Å²) in [6.45, 7) is 6.80. The zero-order valence-corrected chi connectivity index (χ0v) is 12.5. The fraction of sp³-hybridized carbons (Fsp3) is 0.857. The fourth-order valence-electron chi connectivity index (χ4n) is 2.93. The molecule has 0 bridgehead atoms. The predicted octanol–water partition coefficient (Wildman–Crippen LogP) is -0.212. The van der Waals surface area contributed by atoms with E-state index in [2.05, 4.69) is 4.90 Å². The van der Waals surface area contributed by atoms with Gasteiger partial charge in [-0.3, -0.25) is 14.5 Å². The summed E-state index contributed by atoms with van der Waals surface area (Å²) in [6.07, 6.45) is 2.25. The van der Waals surface area contributed by atoms with Crippen molar-refractivity contribution in [3.63, 3.8) is 0 Å². The van der Waals surface area contributed by atoms with Crippen molar-refractivity contribution in [3.05, 3.63) is 0 Å². The van der Waals surface area contributed by atoms with Crippen LogP contribution in [0.15, 0.2) is 0 Å². The molecule has 6 heteroatoms. The van der Waals surface area contributed by atoms with E-state index >= 15 is 0 Å². The molecule has 0 N–H and O–H groups in total. The lowest BCUT2D eigenvalue weighted by atomic mass is 10.2. The first kappa shape index (κ1) is 15.3. The van der Waals surface area contributed by atoms with Crippen LogP contribution in [-0.4, -0.2) is 85.5 Å². The van der Waals surface area contributed by atoms with Gasteiger partial charge in [-0.2, -0.15) is 0 Å². The van der Waals surface area contributed by atoms with Crippen LogP contribution in [0, 0.1) is 0 Å². The first-order valence-electron chi connectivity index (χ1n) is 7.43. The molecule has 0 aliphatic carbocycles. The van der Waals surface area contributed by atoms with Crippen molar-refractivity contribution in [3.8, 4) is 0 Å². The maximum Gasteiger partial charge on any atom is 0.248 e. The van der Waals surface area contributed by atoms with E-state index in [-0.39, 0.29) is 24.5 Å². The van der Waals surface area contributed by atoms with Crippen LogP contribution in [0.3, 0.4) is 0 Å². The highest BCUT2D eigenvalue weighted by atomic mass is 16.5. The van der Waals surface area contributed by atoms with Crippen LogP contribution in [0.5, 0.6) is 0 Å². The van der Waals surface area contributed by atoms with Crippen LogP contribution < -0.4 is 0 Å². The van der Waals surface area contributed by atoms with Gasteiger partial charge in [0.2, 0.25) is 11.8 Å². The molecule has 2 rings (SSSR count). The molecule has 0 aromatic rings. The second-order valence-electron chi connectivity index (χ2n) is 5.56. The Morgan fingerprint density at radius 1 is 1.00 bits per heavy atom. The van der Waals surface area contributed by atoms with Gasteiger partial charge < -0.3 is 14.5 Å². The molecule has 1 atom stereocenters. The molecule has 0 radical (unpaired) electrons. The van der Waals surface area contributed by atoms with Gasteiger partial charge in [0.05, 0.1) is 6.04 Å². The summed E-state index contributed by atoms with van der Waals surface area (Å²) in [6, 6.07) is -0.0761. The standard InChI is InChI=1S/C14H25N3O3/c1-12(14(19)17-5-3-4-6-17)15-7-9-16(10-8-15)13(18)11-20-2/h12H,3-11H2,1-2H3/t12-/m0/s1. The molecule has 6 nitrogen and oxygen atoms in total. The van der Waals surface area contributed by atoms with Gasteiger partial charge in [0, 0.05) is 46.4 Å². The van der Waals surface area contributed by atoms with Gasteiger partial charge in [-0.1, -0.05) is 0 Å². The minimum atomic E-state index is -0.0761. The molecule has 2 saturated heterocycles. The van der Waals surface area contributed by atoms with Crippen LogP contribution in [-0.2, 0) is 14.3 Å². The van der Waals surface area contributed by atoms with Crippen molar-refractivity contribution < 1.29 is 14.3 Å². The average molecular weight is 283 g/mol. The van der Waals surface area contributed by atoms with Crippen LogP contribution in [0.1, 0.15) is 19.8 Å². The molecule has 2 aliphatic rings. The van der Waals surface area contributed by atoms with Crippen LogP contribution >= 0.6 is 0 Å². The van der Waals surface area contributed by atoms with Crippen LogP contribution in [0.4, 0.5) is 0 Å². The minimum Gasteiger partial charge on any atom is -0.375 e. The molecule has 0 spiro atoms. The Balaban J connectivity index is 1.80. The summed E-state index contributed by atoms with van der Waals surface area (Å²) < 4.78 is 4.87. The number of hydrogen-bond donors (Lipinski definition) is 0. The quantitative estimate of drug-likeness (QED) is 0.716. The Morgan fingerprint density at radius 3 is 2.15 bits per heavy atom. The zero-order valence-electron chi connectivity index (χ0n) is 12.5. The summed E-state index contributed by atoms with van der Waals surface area (Å²) in [5.74, 6) is 0.268. The third-order valence-corrected chi connectivity index (χ3v) is 4.26. The summed E-state index contributed by atoms with van der Waals surface area (Å²) in [5, 5.41) is 0. The molecule has 2 fully saturated rings. The monoisotopic (exact) mass is 283 g/mol. The molecule has 2 aliphatic heterocycles. The van der Waals surface area contributed by atoms with Crippen molar-refractivity contribution in [2.24, 2.45) is 0 Å². The first-order chi connectivity index (χ1) is 9.63. The third kappa shape index (κ3) is 3.49. The van der Waals surface area contributed by atoms with E-state index < -0.39 is 0 Å². The number of carbonyl (C=O) groups is 2. The van der Waals surface area contributed by atoms with Crippen molar-refractivity contribution in [1.29, 1.82) is 0 Å². The Kier molecular flexibility index (Phi) is 5.37. The number of hydrogen-bond acceptors (Lipinski definition) is 4. The van der Waals surface area contributed by atoms with Crippen molar-refractivity contribution in [2.75, 3.05) is 53.0 Å². The lowest BCUT2D eigenvalue weighted by molar-refractivity contribution is -0.139. The number of carbonyl (C=O) groups excluding carboxylic acids is 2. The molecule has 20 heavy (non-hydrogen) atoms. The number of nitrogens with zero attached hydrogens (tertiary/aromatic N) is 3. The van der Waals surface area contributed by atoms with E-state index in [4.69, 9.17) is 4.74 Å². The smallest absolute Gasteiger partial charge is 0.248 e. The number of likely N-dealkylation sites (tertiary alicyclic amines) is 1. The number of rotatable bonds is 4. The average Bonchev–Trinajstić information content (AvgIpc) is 3.00. The van der Waals surface area contributed by atoms with E-state index in [1.807, 2.05) is 16.7 Å². The van der Waals surface area contributed by atoms with Gasteiger partial charge in [-0.25, -0.2) is 0 Å². The van der Waals surface area contributed by atoms with Crippen LogP contribution in [0.2, 0.25) is 0 Å². The summed E-state index contributed by atoms with van der Waals surface area (Å²) in [5.41, 5.74) is 0. The molecule has 2 heterocycles. The van der Waals surface area contributed by atoms with Gasteiger partial charge >= 0.3 is 0 Å². The molecular weight excluding hydrogens is 258 g/mol. The van der Waals surface area contributed by atoms with Crippen molar-refractivity contribution in [1.82, 2.24) is 14.7 Å². The van der Waals surface area contributed by atoms with Gasteiger partial charge in [0.25, 0.3) is 0 Å². The van der Waals surface area contributed by atoms with Crippen molar-refractivity contribution >= 4 is 11.8 Å². The Morgan fingerprint density at radius 2 is 1.60 bits per heavy atom. The maximum atomic E-state index is 12.3. The van der Waals surface area contributed by atoms with Gasteiger partial charge in [-0.05, 0) is 19.8 Å². The number of piperazine rings is 1. The Bertz CT molecular complexity index is 348. The highest BCUT2D eigenvalue weighted by Gasteiger charge is 2.30. The summed E-state index contributed by atoms with van der Waals surface area (Å²) in [7, 11) is 1.53. The van der Waals surface area contributed by atoms with E-state index in [0.29, 0.717) is 13.1 Å². The molecular formula is C14H25N3O3. The van der Waals surface area contributed by atoms with Gasteiger partial charge in [0.15, 0.2) is 0 Å². The lowest BCUT2D eigenvalue weighted by Crippen LogP contribution is -2.55. The van der Waals surface area contributed by atoms with E-state index in [1.165, 1.54) is 7.11 Å². The highest BCUT2D eigenvalue weighted by molar-refractivity contribution is 5.82. The fourth-order valence-corrected chi connectivity index (χ4v) is 2.93. The predicted molar refractivity (Wildman–Crippen MR) is 75.3 cm³/mol. The van der Waals surface area contributed by atoms with Gasteiger partial charge in [-0.15, -0.1) is 0 Å². The maximum absolute atomic E-state index is 12.3. The normalized spacial score (nSPS) is 22.1. The second kappa shape index (κ2) is 7.04. The number of methoxy groups -OCH3 is 1. The molecule has 114 valence electrons. The largest absolute Gasteiger partial charge is 0.375 e. The number of amides is 2. The Labute approximate surface area is 120 Å². The summed E-state index contributed by atoms with van der Waals surface area (Å²) >= 11 is 0. The van der Waals surface area contributed by atoms with E-state index in [9.17, 15) is 9.59 Å². The zero-order chi connectivity index (χ0) is 14.5. The molecule has 0 aromatic heterocycles. The highest BCUT2D eigenvalue weighted by Crippen LogP contribution is 2.13. The van der Waals surface area contributed by atoms with Gasteiger partial charge in [0.1, 0.15) is 6.61 Å². The SMILES string of the molecule is COCC(=O)N1CCN([C@@H](C)C(=O)N2CCCC2)CC1. The van der Waals surface area contributed by atoms with E-state index in [1.54, 1.807) is 0 Å². The second-order valence-corrected chi connectivity index (χ2v) is 5.56. The lowest BCUT2D eigenvalue weighted by Gasteiger charge is -2.38. The third-order valence-electron chi connectivity index (χ3n) is 4.26. The topological polar surface area (TPSA) is 53.1 Å². The van der Waals surface area contributed by atoms with E-state index in [0.717, 1.165) is 39.0 Å². The number of ether oxygens (including phenoxy) is 1. The minimum absolute atomic E-state index is 0.0330. The first-order valence-corrected chi connectivity index (χ1v) is 7.43. The Hall–Kier alpha value is -1.14. The molecule has 0 aromatic carbocycles. The van der Waals surface area contributed by atoms with Crippen LogP contribution in [0.25, 0.3) is 0 Å².